The van der Waals surface area contributed by atoms with Crippen LogP contribution in [-0.4, -0.2) is 45.4 Å². The van der Waals surface area contributed by atoms with E-state index in [0.29, 0.717) is 39.4 Å². The quantitative estimate of drug-likeness (QED) is 0.129. The van der Waals surface area contributed by atoms with Gasteiger partial charge in [-0.3, -0.25) is 14.5 Å². The zero-order valence-corrected chi connectivity index (χ0v) is 31.4. The van der Waals surface area contributed by atoms with E-state index in [1.807, 2.05) is 104 Å². The maximum Gasteiger partial charge on any atom is 0.347 e. The Morgan fingerprint density at radius 1 is 0.667 bits per heavy atom. The summed E-state index contributed by atoms with van der Waals surface area (Å²) in [6.45, 7) is 0. The zero-order valence-electron chi connectivity index (χ0n) is 31.4. The molecular weight excluding hydrogens is 749 g/mol. The van der Waals surface area contributed by atoms with Crippen LogP contribution in [0, 0.1) is 0 Å². The molecule has 0 fully saturated rings. The standard InChI is InChI=1S/C49H28N8O3/c58-49(59-30-14-8-3-9-15-30)33-22-38(43-42-37-25-52-21-18-39(37)57(48(42)55-27-54-43)29-12-6-2-7-13-29)56-45-44-47(60-46(33)45)41(34(26-53-44)28-10-4-1-5-11-28)40-32-17-20-50-23-35(32)31-16-19-51-24-36(31)40/h1-27,50H. The molecule has 8 heterocycles. The van der Waals surface area contributed by atoms with Crippen molar-refractivity contribution >= 4 is 60.9 Å². The Morgan fingerprint density at radius 2 is 1.43 bits per heavy atom. The fourth-order valence-electron chi connectivity index (χ4n) is 8.50. The second kappa shape index (κ2) is 13.3. The van der Waals surface area contributed by atoms with Crippen molar-refractivity contribution in [1.82, 2.24) is 39.5 Å². The van der Waals surface area contributed by atoms with Crippen LogP contribution in [0.25, 0.3) is 105 Å². The number of hydrogen-bond acceptors (Lipinski definition) is 9. The van der Waals surface area contributed by atoms with E-state index in [9.17, 15) is 4.79 Å². The number of benzene rings is 3. The van der Waals surface area contributed by atoms with Crippen LogP contribution in [0.5, 0.6) is 5.75 Å². The average Bonchev–Trinajstić information content (AvgIpc) is 3.97. The number of ether oxygens (including phenoxy) is 1. The number of carbonyl (C=O) groups excluding carboxylic acids is 1. The molecule has 0 spiro atoms. The molecule has 10 aromatic rings. The first kappa shape index (κ1) is 33.6. The number of aromatic nitrogens is 8. The molecule has 11 heteroatoms. The summed E-state index contributed by atoms with van der Waals surface area (Å²) in [4.78, 5) is 46.8. The first-order chi connectivity index (χ1) is 29.7. The van der Waals surface area contributed by atoms with E-state index >= 15 is 0 Å². The lowest BCUT2D eigenvalue weighted by molar-refractivity contribution is 0.0735. The van der Waals surface area contributed by atoms with Crippen LogP contribution < -0.4 is 4.74 Å². The maximum atomic E-state index is 14.5. The topological polar surface area (TPSA) is 138 Å². The van der Waals surface area contributed by atoms with Crippen molar-refractivity contribution < 1.29 is 13.9 Å². The number of rotatable bonds is 6. The van der Waals surface area contributed by atoms with E-state index in [0.717, 1.165) is 66.1 Å². The summed E-state index contributed by atoms with van der Waals surface area (Å²) in [7, 11) is 0. The van der Waals surface area contributed by atoms with Gasteiger partial charge in [0.1, 0.15) is 40.0 Å². The molecule has 3 aromatic carbocycles. The van der Waals surface area contributed by atoms with Gasteiger partial charge in [0.05, 0.1) is 16.6 Å². The van der Waals surface area contributed by atoms with Gasteiger partial charge in [-0.1, -0.05) is 66.7 Å². The molecule has 282 valence electrons. The van der Waals surface area contributed by atoms with Crippen molar-refractivity contribution in [2.45, 2.75) is 0 Å². The number of carbonyl (C=O) groups is 1. The van der Waals surface area contributed by atoms with Crippen LogP contribution in [0.3, 0.4) is 0 Å². The van der Waals surface area contributed by atoms with Gasteiger partial charge in [-0.2, -0.15) is 0 Å². The summed E-state index contributed by atoms with van der Waals surface area (Å²) in [6, 6.07) is 36.8. The summed E-state index contributed by atoms with van der Waals surface area (Å²) in [5, 5.41) is 3.54. The summed E-state index contributed by atoms with van der Waals surface area (Å²) >= 11 is 0. The van der Waals surface area contributed by atoms with Crippen LogP contribution >= 0.6 is 0 Å². The number of aromatic amines is 1. The third kappa shape index (κ3) is 5.06. The smallest absolute Gasteiger partial charge is 0.347 e. The third-order valence-corrected chi connectivity index (χ3v) is 11.1. The van der Waals surface area contributed by atoms with E-state index < -0.39 is 5.97 Å². The van der Waals surface area contributed by atoms with E-state index in [4.69, 9.17) is 29.1 Å². The lowest BCUT2D eigenvalue weighted by Gasteiger charge is -2.12. The Kier molecular flexibility index (Phi) is 7.41. The lowest BCUT2D eigenvalue weighted by atomic mass is 9.93. The number of hydrogen-bond donors (Lipinski definition) is 1. The van der Waals surface area contributed by atoms with Gasteiger partial charge >= 0.3 is 5.97 Å². The van der Waals surface area contributed by atoms with Crippen LogP contribution in [0.4, 0.5) is 0 Å². The Labute approximate surface area is 340 Å². The molecule has 7 aromatic heterocycles. The van der Waals surface area contributed by atoms with Gasteiger partial charge in [-0.15, -0.1) is 0 Å². The van der Waals surface area contributed by atoms with Crippen LogP contribution in [-0.2, 0) is 0 Å². The van der Waals surface area contributed by atoms with Gasteiger partial charge in [0.2, 0.25) is 0 Å². The van der Waals surface area contributed by atoms with Crippen molar-refractivity contribution in [3.05, 3.63) is 171 Å². The fraction of sp³-hybridized carbons (Fsp3) is 0. The molecule has 0 saturated carbocycles. The summed E-state index contributed by atoms with van der Waals surface area (Å²) in [5.41, 5.74) is 10.7. The maximum absolute atomic E-state index is 14.5. The van der Waals surface area contributed by atoms with E-state index in [1.54, 1.807) is 36.8 Å². The number of nitrogens with zero attached hydrogens (tertiary/aromatic N) is 7. The van der Waals surface area contributed by atoms with Gasteiger partial charge in [0.25, 0.3) is 0 Å². The van der Waals surface area contributed by atoms with Crippen LogP contribution in [0.2, 0.25) is 0 Å². The first-order valence-electron chi connectivity index (χ1n) is 19.3. The predicted molar refractivity (Wildman–Crippen MR) is 231 cm³/mol. The van der Waals surface area contributed by atoms with Gasteiger partial charge in [0.15, 0.2) is 11.2 Å². The molecule has 0 atom stereocenters. The summed E-state index contributed by atoms with van der Waals surface area (Å²) in [5.74, 6) is -0.239. The Balaban J connectivity index is 1.19. The molecule has 0 unspecified atom stereocenters. The molecule has 11 nitrogen and oxygen atoms in total. The third-order valence-electron chi connectivity index (χ3n) is 11.1. The summed E-state index contributed by atoms with van der Waals surface area (Å²) < 4.78 is 15.1. The molecule has 60 heavy (non-hydrogen) atoms. The van der Waals surface area contributed by atoms with Crippen molar-refractivity contribution in [2.75, 3.05) is 0 Å². The second-order valence-corrected chi connectivity index (χ2v) is 14.4. The minimum absolute atomic E-state index is 0.161. The second-order valence-electron chi connectivity index (χ2n) is 14.4. The van der Waals surface area contributed by atoms with Crippen molar-refractivity contribution in [2.24, 2.45) is 0 Å². The number of pyridine rings is 5. The van der Waals surface area contributed by atoms with Crippen LogP contribution in [0.1, 0.15) is 10.4 Å². The van der Waals surface area contributed by atoms with Crippen molar-refractivity contribution in [1.29, 1.82) is 0 Å². The Morgan fingerprint density at radius 3 is 2.27 bits per heavy atom. The molecular formula is C49H28N8O3. The molecule has 12 rings (SSSR count). The highest BCUT2D eigenvalue weighted by Crippen LogP contribution is 2.50. The normalized spacial score (nSPS) is 11.7. The number of para-hydroxylation sites is 2. The van der Waals surface area contributed by atoms with Gasteiger partial charge < -0.3 is 14.1 Å². The fourth-order valence-corrected chi connectivity index (χ4v) is 8.50. The Bertz CT molecular complexity index is 3600. The molecule has 0 amide bonds. The van der Waals surface area contributed by atoms with E-state index in [1.165, 1.54) is 6.33 Å². The number of H-pyrrole nitrogens is 1. The molecule has 1 aliphatic heterocycles. The highest BCUT2D eigenvalue weighted by molar-refractivity contribution is 6.22. The van der Waals surface area contributed by atoms with Crippen molar-refractivity contribution in [3.63, 3.8) is 0 Å². The minimum atomic E-state index is -0.624. The van der Waals surface area contributed by atoms with E-state index in [-0.39, 0.29) is 11.1 Å². The van der Waals surface area contributed by atoms with Crippen LogP contribution in [0.15, 0.2) is 169 Å². The highest BCUT2D eigenvalue weighted by atomic mass is 16.5. The molecule has 2 aliphatic rings. The first-order valence-corrected chi connectivity index (χ1v) is 19.3. The van der Waals surface area contributed by atoms with E-state index in [2.05, 4.69) is 37.7 Å². The highest BCUT2D eigenvalue weighted by Gasteiger charge is 2.30. The van der Waals surface area contributed by atoms with Gasteiger partial charge in [-0.05, 0) is 65.0 Å². The Hall–Kier alpha value is -8.57. The molecule has 0 saturated heterocycles. The molecule has 1 aliphatic carbocycles. The largest absolute Gasteiger partial charge is 0.451 e. The number of esters is 1. The molecule has 1 N–H and O–H groups in total. The van der Waals surface area contributed by atoms with Gasteiger partial charge in [-0.25, -0.2) is 24.7 Å². The minimum Gasteiger partial charge on any atom is -0.451 e. The average molecular weight is 777 g/mol. The summed E-state index contributed by atoms with van der Waals surface area (Å²) in [6.07, 6.45) is 14.5. The van der Waals surface area contributed by atoms with Gasteiger partial charge in [0, 0.05) is 82.1 Å². The molecule has 0 bridgehead atoms. The monoisotopic (exact) mass is 776 g/mol. The predicted octanol–water partition coefficient (Wildman–Crippen LogP) is 10.9. The SMILES string of the molecule is O=C(Oc1ccccc1)c1cc(-c2ncnc3c2c2cnccc2n3-c2ccccc2)nc2c1oc1c(-c3c4cc[nH]cc-4c4ccncc34)c(-c3ccccc3)cnc12. The lowest BCUT2D eigenvalue weighted by Crippen LogP contribution is -2.10. The zero-order chi connectivity index (χ0) is 39.7. The number of fused-ring (bicyclic) bond motifs is 9. The molecule has 0 radical (unpaired) electrons. The number of furan rings is 1. The van der Waals surface area contributed by atoms with Crippen molar-refractivity contribution in [3.8, 4) is 56.2 Å². The number of nitrogens with one attached hydrogen (secondary N) is 1.